The first-order chi connectivity index (χ1) is 27.7. The van der Waals surface area contributed by atoms with Gasteiger partial charge in [-0.25, -0.2) is 15.0 Å². The Kier molecular flexibility index (Phi) is 7.64. The molecule has 0 aliphatic heterocycles. The van der Waals surface area contributed by atoms with Crippen LogP contribution in [0.5, 0.6) is 0 Å². The molecule has 262 valence electrons. The number of hydrogen-bond acceptors (Lipinski definition) is 4. The van der Waals surface area contributed by atoms with E-state index >= 15 is 0 Å². The largest absolute Gasteiger partial charge is 0.309 e. The van der Waals surface area contributed by atoms with E-state index in [1.54, 1.807) is 11.3 Å². The third-order valence-electron chi connectivity index (χ3n) is 10.7. The lowest BCUT2D eigenvalue weighted by molar-refractivity contribution is 1.08. The van der Waals surface area contributed by atoms with Gasteiger partial charge < -0.3 is 4.57 Å². The Labute approximate surface area is 327 Å². The minimum Gasteiger partial charge on any atom is -0.309 e. The fourth-order valence-corrected chi connectivity index (χ4v) is 9.15. The van der Waals surface area contributed by atoms with Gasteiger partial charge in [0.1, 0.15) is 0 Å². The van der Waals surface area contributed by atoms with Crippen LogP contribution >= 0.6 is 11.3 Å². The van der Waals surface area contributed by atoms with E-state index in [2.05, 4.69) is 180 Å². The molecule has 0 fully saturated rings. The van der Waals surface area contributed by atoms with E-state index in [9.17, 15) is 0 Å². The minimum atomic E-state index is 0.651. The van der Waals surface area contributed by atoms with E-state index in [1.165, 1.54) is 53.1 Å². The van der Waals surface area contributed by atoms with E-state index < -0.39 is 0 Å². The molecule has 11 rings (SSSR count). The average Bonchev–Trinajstić information content (AvgIpc) is 3.83. The number of hydrogen-bond donors (Lipinski definition) is 0. The Morgan fingerprint density at radius 3 is 1.38 bits per heavy atom. The van der Waals surface area contributed by atoms with Gasteiger partial charge in [-0.3, -0.25) is 0 Å². The lowest BCUT2D eigenvalue weighted by Crippen LogP contribution is -2.00. The summed E-state index contributed by atoms with van der Waals surface area (Å²) in [7, 11) is 0. The van der Waals surface area contributed by atoms with Crippen LogP contribution in [0.25, 0.3) is 104 Å². The first-order valence-electron chi connectivity index (χ1n) is 18.8. The predicted molar refractivity (Wildman–Crippen MR) is 234 cm³/mol. The summed E-state index contributed by atoms with van der Waals surface area (Å²) in [6.07, 6.45) is 0. The van der Waals surface area contributed by atoms with Gasteiger partial charge in [-0.15, -0.1) is 11.3 Å². The van der Waals surface area contributed by atoms with Crippen molar-refractivity contribution in [2.45, 2.75) is 0 Å². The second kappa shape index (κ2) is 13.3. The number of fused-ring (bicyclic) bond motifs is 6. The fourth-order valence-electron chi connectivity index (χ4n) is 7.94. The molecule has 0 amide bonds. The van der Waals surface area contributed by atoms with Crippen molar-refractivity contribution in [3.05, 3.63) is 194 Å². The minimum absolute atomic E-state index is 0.651. The van der Waals surface area contributed by atoms with Crippen LogP contribution in [0.15, 0.2) is 194 Å². The van der Waals surface area contributed by atoms with Gasteiger partial charge >= 0.3 is 0 Å². The molecule has 0 aliphatic rings. The summed E-state index contributed by atoms with van der Waals surface area (Å²) in [5, 5.41) is 5.01. The second-order valence-corrected chi connectivity index (χ2v) is 15.1. The molecular weight excluding hydrogens is 701 g/mol. The number of para-hydroxylation sites is 2. The van der Waals surface area contributed by atoms with Crippen molar-refractivity contribution in [3.63, 3.8) is 0 Å². The van der Waals surface area contributed by atoms with E-state index in [0.717, 1.165) is 33.5 Å². The third kappa shape index (κ3) is 5.48. The number of benzene rings is 8. The number of thiophene rings is 1. The summed E-state index contributed by atoms with van der Waals surface area (Å²) in [6.45, 7) is 0. The molecule has 0 atom stereocenters. The van der Waals surface area contributed by atoms with Gasteiger partial charge in [-0.2, -0.15) is 0 Å². The zero-order chi connectivity index (χ0) is 37.0. The van der Waals surface area contributed by atoms with Gasteiger partial charge in [0.05, 0.1) is 11.0 Å². The summed E-state index contributed by atoms with van der Waals surface area (Å²) in [6, 6.07) is 68.6. The highest BCUT2D eigenvalue weighted by Gasteiger charge is 2.17. The van der Waals surface area contributed by atoms with Crippen molar-refractivity contribution in [2.24, 2.45) is 0 Å². The van der Waals surface area contributed by atoms with E-state index in [0.29, 0.717) is 17.5 Å². The summed E-state index contributed by atoms with van der Waals surface area (Å²) >= 11 is 1.78. The van der Waals surface area contributed by atoms with Gasteiger partial charge in [-0.1, -0.05) is 158 Å². The van der Waals surface area contributed by atoms with Crippen LogP contribution in [0.1, 0.15) is 0 Å². The van der Waals surface area contributed by atoms with Crippen LogP contribution in [0.2, 0.25) is 0 Å². The molecule has 0 aliphatic carbocycles. The molecule has 8 aromatic carbocycles. The van der Waals surface area contributed by atoms with Crippen molar-refractivity contribution in [2.75, 3.05) is 0 Å². The molecule has 0 saturated heterocycles. The SMILES string of the molecule is c1ccc(-c2nc(-c3ccc(-c4ccc(-c5ccc(-n6c7ccccc7c7ccccc76)cc5)cc4)cc3)nc(-c3cccc4c3sc3ccccc34)n2)cc1. The van der Waals surface area contributed by atoms with Crippen LogP contribution in [0.3, 0.4) is 0 Å². The number of nitrogens with zero attached hydrogens (tertiary/aromatic N) is 4. The second-order valence-electron chi connectivity index (χ2n) is 14.0. The maximum Gasteiger partial charge on any atom is 0.165 e. The maximum atomic E-state index is 5.10. The molecule has 11 aromatic rings. The number of rotatable bonds is 6. The molecule has 0 bridgehead atoms. The van der Waals surface area contributed by atoms with Crippen LogP contribution in [0, 0.1) is 0 Å². The smallest absolute Gasteiger partial charge is 0.165 e. The highest BCUT2D eigenvalue weighted by atomic mass is 32.1. The molecule has 0 unspecified atom stereocenters. The van der Waals surface area contributed by atoms with Crippen LogP contribution in [0.4, 0.5) is 0 Å². The summed E-state index contributed by atoms with van der Waals surface area (Å²) < 4.78 is 4.79. The number of aromatic nitrogens is 4. The zero-order valence-electron chi connectivity index (χ0n) is 30.2. The van der Waals surface area contributed by atoms with Crippen molar-refractivity contribution < 1.29 is 0 Å². The highest BCUT2D eigenvalue weighted by Crippen LogP contribution is 2.40. The zero-order valence-corrected chi connectivity index (χ0v) is 31.0. The summed E-state index contributed by atoms with van der Waals surface area (Å²) in [4.78, 5) is 15.1. The Balaban J connectivity index is 0.904. The fraction of sp³-hybridized carbons (Fsp3) is 0. The van der Waals surface area contributed by atoms with Crippen molar-refractivity contribution in [1.29, 1.82) is 0 Å². The summed E-state index contributed by atoms with van der Waals surface area (Å²) in [5.74, 6) is 1.98. The average molecular weight is 733 g/mol. The molecular formula is C51H32N4S. The van der Waals surface area contributed by atoms with E-state index in [1.807, 2.05) is 18.2 Å². The molecule has 3 heterocycles. The molecule has 5 heteroatoms. The van der Waals surface area contributed by atoms with Crippen molar-refractivity contribution in [1.82, 2.24) is 19.5 Å². The Hall–Kier alpha value is -7.21. The third-order valence-corrected chi connectivity index (χ3v) is 11.9. The Morgan fingerprint density at radius 1 is 0.321 bits per heavy atom. The molecule has 56 heavy (non-hydrogen) atoms. The van der Waals surface area contributed by atoms with E-state index in [-0.39, 0.29) is 0 Å². The normalized spacial score (nSPS) is 11.6. The van der Waals surface area contributed by atoms with Crippen molar-refractivity contribution >= 4 is 53.3 Å². The molecule has 0 N–H and O–H groups in total. The lowest BCUT2D eigenvalue weighted by Gasteiger charge is -2.11. The molecule has 0 spiro atoms. The lowest BCUT2D eigenvalue weighted by atomic mass is 9.99. The quantitative estimate of drug-likeness (QED) is 0.171. The van der Waals surface area contributed by atoms with Crippen molar-refractivity contribution in [3.8, 4) is 62.1 Å². The van der Waals surface area contributed by atoms with Gasteiger partial charge in [0.25, 0.3) is 0 Å². The summed E-state index contributed by atoms with van der Waals surface area (Å²) in [5.41, 5.74) is 11.2. The van der Waals surface area contributed by atoms with Gasteiger partial charge in [0, 0.05) is 53.3 Å². The van der Waals surface area contributed by atoms with Gasteiger partial charge in [0.2, 0.25) is 0 Å². The molecule has 0 saturated carbocycles. The Bertz CT molecular complexity index is 3160. The monoisotopic (exact) mass is 732 g/mol. The standard InChI is InChI=1S/C51H32N4S/c1-2-11-37(12-3-1)49-52-50(54-51(53-49)44-17-10-16-43-42-15-6-9-20-47(42)56-48(43)44)38-27-25-35(26-28-38)33-21-23-34(24-22-33)36-29-31-39(32-30-36)55-45-18-7-4-13-40(45)41-14-5-8-19-46(41)55/h1-32H. The van der Waals surface area contributed by atoms with Crippen LogP contribution < -0.4 is 0 Å². The van der Waals surface area contributed by atoms with E-state index in [4.69, 9.17) is 15.0 Å². The maximum absolute atomic E-state index is 5.10. The Morgan fingerprint density at radius 2 is 0.768 bits per heavy atom. The first kappa shape index (κ1) is 32.2. The molecule has 4 nitrogen and oxygen atoms in total. The first-order valence-corrected chi connectivity index (χ1v) is 19.6. The van der Waals surface area contributed by atoms with Gasteiger partial charge in [0.15, 0.2) is 17.5 Å². The topological polar surface area (TPSA) is 43.6 Å². The van der Waals surface area contributed by atoms with Crippen LogP contribution in [-0.4, -0.2) is 19.5 Å². The van der Waals surface area contributed by atoms with Crippen LogP contribution in [-0.2, 0) is 0 Å². The molecule has 0 radical (unpaired) electrons. The molecule has 3 aromatic heterocycles. The highest BCUT2D eigenvalue weighted by molar-refractivity contribution is 7.26. The van der Waals surface area contributed by atoms with Gasteiger partial charge in [-0.05, 0) is 58.7 Å². The predicted octanol–water partition coefficient (Wildman–Crippen LogP) is 13.7.